The van der Waals surface area contributed by atoms with Gasteiger partial charge in [0.1, 0.15) is 75.2 Å². The number of nitrogen functional groups attached to an aromatic ring is 4. The van der Waals surface area contributed by atoms with E-state index in [1.807, 2.05) is 77.9 Å². The summed E-state index contributed by atoms with van der Waals surface area (Å²) in [5.41, 5.74) is 67.0. The third-order valence-corrected chi connectivity index (χ3v) is 31.5. The second kappa shape index (κ2) is 40.7. The number of hydrogen-bond acceptors (Lipinski definition) is 32. The van der Waals surface area contributed by atoms with Gasteiger partial charge in [-0.3, -0.25) is 19.2 Å². The summed E-state index contributed by atoms with van der Waals surface area (Å²) in [5, 5.41) is 16.0. The molecule has 0 spiro atoms. The Balaban J connectivity index is 0.000000124. The zero-order valence-electron chi connectivity index (χ0n) is 77.5. The van der Waals surface area contributed by atoms with Crippen molar-refractivity contribution >= 4 is 156 Å². The van der Waals surface area contributed by atoms with Gasteiger partial charge >= 0.3 is 0 Å². The third-order valence-electron chi connectivity index (χ3n) is 27.1. The number of hydrogen-bond donors (Lipinski definition) is 12. The quantitative estimate of drug-likeness (QED) is 0.0427. The summed E-state index contributed by atoms with van der Waals surface area (Å²) in [6.07, 6.45) is 10.3. The van der Waals surface area contributed by atoms with Gasteiger partial charge in [0.2, 0.25) is 0 Å². The third kappa shape index (κ3) is 20.5. The van der Waals surface area contributed by atoms with Crippen LogP contribution < -0.4 is 96.2 Å². The van der Waals surface area contributed by atoms with E-state index in [1.54, 1.807) is 28.4 Å². The Hall–Kier alpha value is -11.3. The predicted molar refractivity (Wildman–Crippen MR) is 536 cm³/mol. The number of nitrogens with zero attached hydrogens (tertiary/aromatic N) is 10. The van der Waals surface area contributed by atoms with Crippen molar-refractivity contribution in [2.75, 3.05) is 137 Å². The van der Waals surface area contributed by atoms with Crippen LogP contribution in [-0.4, -0.2) is 220 Å². The maximum Gasteiger partial charge on any atom is 0.263 e. The smallest absolute Gasteiger partial charge is 0.263 e. The number of thiophene rings is 4. The number of piperidine rings is 4. The number of carbonyl (C=O) groups excluding carboxylic acids is 4. The van der Waals surface area contributed by atoms with Crippen LogP contribution in [0.3, 0.4) is 0 Å². The molecule has 12 aromatic rings. The van der Waals surface area contributed by atoms with Gasteiger partial charge < -0.3 is 115 Å². The van der Waals surface area contributed by atoms with Crippen LogP contribution in [0.4, 0.5) is 45.8 Å². The van der Waals surface area contributed by atoms with Gasteiger partial charge in [-0.2, -0.15) is 0 Å². The standard InChI is InChI=1S/2C25H31N5O3S.2C24H30N6O2S/c2*1-13-8-14(2)28-25-21(13)22(27)23(34-25)24(31)29-16-9-15-4-5-17(10-20(15)33-12-16)30-7-6-19(32-3)18(26)11-30;2*1-13-3-6-16-21(26)22(33-24(16)27-13)23(31)28-15-5-7-18-14(11-15)4-8-20(29-18)30-10-9-19(32-2)17(25)12-30/h2*4-5,8,10,16,18-19H,6-7,9,11-12,26-27H2,1-3H3,(H,29,31);2*3-4,6,8,15,17,19H,5,7,9-12,25-26H2,1-2H3,(H,28,31)/t16-,18+,19+;16-,18-,19-;15-,17+,19+;15-,17-,19-/m1100/s1. The zero-order chi connectivity index (χ0) is 94.2. The van der Waals surface area contributed by atoms with E-state index in [0.717, 1.165) is 248 Å². The summed E-state index contributed by atoms with van der Waals surface area (Å²) >= 11 is 5.39. The summed E-state index contributed by atoms with van der Waals surface area (Å²) < 4.78 is 34.0. The van der Waals surface area contributed by atoms with Crippen LogP contribution in [-0.2, 0) is 57.5 Å². The first-order valence-corrected chi connectivity index (χ1v) is 49.3. The molecule has 20 N–H and O–H groups in total. The molecule has 6 aliphatic heterocycles. The number of anilines is 8. The number of nitrogens with two attached hydrogens (primary N) is 8. The minimum Gasteiger partial charge on any atom is -0.491 e. The number of pyridine rings is 6. The molecule has 2 aromatic carbocycles. The van der Waals surface area contributed by atoms with Crippen molar-refractivity contribution in [3.63, 3.8) is 0 Å². The van der Waals surface area contributed by atoms with E-state index in [9.17, 15) is 19.2 Å². The van der Waals surface area contributed by atoms with Gasteiger partial charge in [-0.15, -0.1) is 45.3 Å². The van der Waals surface area contributed by atoms with Crippen molar-refractivity contribution in [2.24, 2.45) is 22.9 Å². The molecule has 12 atom stereocenters. The van der Waals surface area contributed by atoms with Gasteiger partial charge in [0, 0.05) is 196 Å². The van der Waals surface area contributed by atoms with Gasteiger partial charge in [0.25, 0.3) is 23.6 Å². The lowest BCUT2D eigenvalue weighted by Crippen LogP contribution is -2.52. The molecule has 0 radical (unpaired) electrons. The van der Waals surface area contributed by atoms with E-state index < -0.39 is 0 Å². The molecule has 4 amide bonds. The van der Waals surface area contributed by atoms with Gasteiger partial charge in [0.15, 0.2) is 0 Å². The topological polar surface area (TPSA) is 470 Å². The number of aryl methyl sites for hydroxylation is 8. The first-order valence-electron chi connectivity index (χ1n) is 46.0. The summed E-state index contributed by atoms with van der Waals surface area (Å²) in [6, 6.07) is 32.4. The fourth-order valence-electron chi connectivity index (χ4n) is 19.8. The van der Waals surface area contributed by atoms with Gasteiger partial charge in [-0.1, -0.05) is 24.3 Å². The average molecular weight is 1900 g/mol. The second-order valence-electron chi connectivity index (χ2n) is 36.5. The Morgan fingerprint density at radius 2 is 0.687 bits per heavy atom. The molecule has 708 valence electrons. The van der Waals surface area contributed by atoms with Gasteiger partial charge in [0.05, 0.1) is 59.2 Å². The lowest BCUT2D eigenvalue weighted by Gasteiger charge is -2.37. The first-order chi connectivity index (χ1) is 64.5. The largest absolute Gasteiger partial charge is 0.491 e. The molecule has 10 aromatic heterocycles. The molecule has 0 unspecified atom stereocenters. The Morgan fingerprint density at radius 1 is 0.366 bits per heavy atom. The van der Waals surface area contributed by atoms with Crippen LogP contribution in [0.1, 0.15) is 145 Å². The highest BCUT2D eigenvalue weighted by molar-refractivity contribution is 7.22. The van der Waals surface area contributed by atoms with Crippen LogP contribution in [0.15, 0.2) is 97.1 Å². The summed E-state index contributed by atoms with van der Waals surface area (Å²) in [7, 11) is 6.88. The maximum absolute atomic E-state index is 13.1. The van der Waals surface area contributed by atoms with Crippen molar-refractivity contribution < 1.29 is 47.6 Å². The molecule has 8 aliphatic rings. The van der Waals surface area contributed by atoms with Crippen LogP contribution in [0.5, 0.6) is 11.5 Å². The molecule has 32 nitrogen and oxygen atoms in total. The molecule has 20 rings (SSSR count). The molecule has 134 heavy (non-hydrogen) atoms. The molecule has 0 bridgehead atoms. The fourth-order valence-corrected chi connectivity index (χ4v) is 24.1. The van der Waals surface area contributed by atoms with Crippen molar-refractivity contribution in [1.82, 2.24) is 51.2 Å². The lowest BCUT2D eigenvalue weighted by molar-refractivity contribution is 0.0663. The van der Waals surface area contributed by atoms with Crippen molar-refractivity contribution in [2.45, 2.75) is 191 Å². The molecule has 4 fully saturated rings. The highest BCUT2D eigenvalue weighted by atomic mass is 32.1. The maximum atomic E-state index is 13.1. The average Bonchev–Trinajstić information content (AvgIpc) is 1.59. The van der Waals surface area contributed by atoms with E-state index in [2.05, 4.69) is 121 Å². The second-order valence-corrected chi connectivity index (χ2v) is 40.5. The van der Waals surface area contributed by atoms with Crippen molar-refractivity contribution in [3.8, 4) is 11.5 Å². The lowest BCUT2D eigenvalue weighted by atomic mass is 9.91. The van der Waals surface area contributed by atoms with Crippen molar-refractivity contribution in [3.05, 3.63) is 184 Å². The van der Waals surface area contributed by atoms with E-state index in [1.165, 1.54) is 56.5 Å². The molecular weight excluding hydrogens is 1770 g/mol. The minimum atomic E-state index is -0.179. The number of amides is 4. The molecule has 2 aliphatic carbocycles. The fraction of sp³-hybridized carbons (Fsp3) is 0.449. The number of fused-ring (bicyclic) bond motifs is 8. The highest BCUT2D eigenvalue weighted by Crippen LogP contribution is 2.42. The number of carbonyl (C=O) groups is 4. The van der Waals surface area contributed by atoms with Crippen molar-refractivity contribution in [1.29, 1.82) is 0 Å². The predicted octanol–water partition coefficient (Wildman–Crippen LogP) is 10.4. The Morgan fingerprint density at radius 3 is 1.05 bits per heavy atom. The van der Waals surface area contributed by atoms with Gasteiger partial charge in [-0.25, -0.2) is 29.9 Å². The normalized spacial score (nSPS) is 22.6. The highest BCUT2D eigenvalue weighted by Gasteiger charge is 2.37. The number of methoxy groups -OCH3 is 4. The number of ether oxygens (including phenoxy) is 6. The van der Waals surface area contributed by atoms with E-state index in [0.29, 0.717) is 68.3 Å². The Kier molecular flexibility index (Phi) is 28.7. The molecule has 0 saturated carbocycles. The summed E-state index contributed by atoms with van der Waals surface area (Å²) in [5.74, 6) is 3.07. The SMILES string of the molecule is CO[C@@H]1CCN(c2ccc3c(c2)OC[C@H](NC(=O)c2sc4nc(C)cc(C)c4c2N)C3)C[C@H]1N.CO[C@@H]1CCN(c2ccc3c(n2)CC[C@H](NC(=O)c2sc4nc(C)ccc4c2N)C3)C[C@H]1N.CO[C@H]1CCN(c2ccc3c(c2)OC[C@H](NC(=O)c2sc4nc(C)cc(C)c4c2N)C3)C[C@@H]1N.CO[C@H]1CCN(c2ccc3c(n2)CC[C@H](NC(=O)c2sc4nc(C)ccc4c2N)C3)C[C@@H]1N. The molecule has 16 heterocycles. The number of benzene rings is 2. The minimum absolute atomic E-state index is 0.0124. The van der Waals surface area contributed by atoms with Crippen LogP contribution in [0.25, 0.3) is 40.9 Å². The summed E-state index contributed by atoms with van der Waals surface area (Å²) in [4.78, 5) is 94.4. The van der Waals surface area contributed by atoms with E-state index >= 15 is 0 Å². The van der Waals surface area contributed by atoms with Crippen LogP contribution >= 0.6 is 45.3 Å². The first kappa shape index (κ1) is 94.5. The van der Waals surface area contributed by atoms with Crippen LogP contribution in [0, 0.1) is 41.5 Å². The molecular formula is C98H122N22O10S4. The summed E-state index contributed by atoms with van der Waals surface area (Å²) in [6.45, 7) is 19.1. The monoisotopic (exact) mass is 1890 g/mol. The van der Waals surface area contributed by atoms with E-state index in [4.69, 9.17) is 84.3 Å². The Labute approximate surface area is 795 Å². The molecule has 4 saturated heterocycles. The molecule has 36 heteroatoms. The number of rotatable bonds is 16. The number of aromatic nitrogens is 6. The van der Waals surface area contributed by atoms with Gasteiger partial charge in [-0.05, 0) is 213 Å². The number of nitrogens with one attached hydrogen (secondary N) is 4. The Bertz CT molecular complexity index is 6010. The van der Waals surface area contributed by atoms with Crippen LogP contribution in [0.2, 0.25) is 0 Å². The zero-order valence-corrected chi connectivity index (χ0v) is 80.8. The van der Waals surface area contributed by atoms with E-state index in [-0.39, 0.29) is 96.4 Å².